The van der Waals surface area contributed by atoms with Crippen molar-refractivity contribution in [3.63, 3.8) is 0 Å². The first-order valence-electron chi connectivity index (χ1n) is 5.07. The Morgan fingerprint density at radius 3 is 2.88 bits per heavy atom. The van der Waals surface area contributed by atoms with E-state index in [1.807, 2.05) is 19.1 Å². The van der Waals surface area contributed by atoms with Crippen LogP contribution in [0.15, 0.2) is 23.1 Å². The second-order valence-electron chi connectivity index (χ2n) is 3.77. The SMILES string of the molecule is CC1Sc2ccc(N(C)C(=O)S)cc2NC1=O. The normalized spacial score (nSPS) is 18.3. The highest BCUT2D eigenvalue weighted by atomic mass is 32.2. The summed E-state index contributed by atoms with van der Waals surface area (Å²) in [7, 11) is 1.64. The summed E-state index contributed by atoms with van der Waals surface area (Å²) in [6, 6.07) is 5.52. The lowest BCUT2D eigenvalue weighted by Crippen LogP contribution is -2.27. The van der Waals surface area contributed by atoms with E-state index in [9.17, 15) is 9.59 Å². The molecule has 1 unspecified atom stereocenters. The lowest BCUT2D eigenvalue weighted by molar-refractivity contribution is -0.115. The van der Waals surface area contributed by atoms with Gasteiger partial charge in [0, 0.05) is 17.6 Å². The lowest BCUT2D eigenvalue weighted by atomic mass is 10.2. The number of hydrogen-bond acceptors (Lipinski definition) is 3. The molecule has 2 rings (SSSR count). The van der Waals surface area contributed by atoms with E-state index in [-0.39, 0.29) is 16.4 Å². The number of benzene rings is 1. The molecule has 6 heteroatoms. The summed E-state index contributed by atoms with van der Waals surface area (Å²) >= 11 is 5.27. The number of carbonyl (C=O) groups excluding carboxylic acids is 2. The molecule has 1 aliphatic rings. The van der Waals surface area contributed by atoms with Gasteiger partial charge in [0.2, 0.25) is 5.91 Å². The van der Waals surface area contributed by atoms with Crippen molar-refractivity contribution in [3.8, 4) is 0 Å². The second-order valence-corrected chi connectivity index (χ2v) is 5.54. The van der Waals surface area contributed by atoms with E-state index in [0.717, 1.165) is 10.6 Å². The number of nitrogens with one attached hydrogen (secondary N) is 1. The van der Waals surface area contributed by atoms with Crippen LogP contribution in [0.2, 0.25) is 0 Å². The van der Waals surface area contributed by atoms with Crippen LogP contribution in [-0.2, 0) is 4.79 Å². The zero-order valence-electron chi connectivity index (χ0n) is 9.43. The summed E-state index contributed by atoms with van der Waals surface area (Å²) in [5.41, 5.74) is 1.45. The van der Waals surface area contributed by atoms with Gasteiger partial charge in [-0.3, -0.25) is 9.59 Å². The topological polar surface area (TPSA) is 49.4 Å². The van der Waals surface area contributed by atoms with Crippen molar-refractivity contribution in [3.05, 3.63) is 18.2 Å². The zero-order chi connectivity index (χ0) is 12.6. The molecule has 1 N–H and O–H groups in total. The molecule has 4 nitrogen and oxygen atoms in total. The number of hydrogen-bond donors (Lipinski definition) is 2. The van der Waals surface area contributed by atoms with Crippen molar-refractivity contribution in [2.45, 2.75) is 17.1 Å². The molecule has 0 aliphatic carbocycles. The van der Waals surface area contributed by atoms with Crippen molar-refractivity contribution in [1.82, 2.24) is 0 Å². The van der Waals surface area contributed by atoms with E-state index in [1.165, 1.54) is 16.7 Å². The first kappa shape index (κ1) is 12.3. The Hall–Kier alpha value is -1.14. The Kier molecular flexibility index (Phi) is 3.35. The minimum absolute atomic E-state index is 0.0143. The van der Waals surface area contributed by atoms with Crippen LogP contribution in [0.1, 0.15) is 6.92 Å². The first-order chi connectivity index (χ1) is 7.99. The maximum absolute atomic E-state index is 11.5. The summed E-state index contributed by atoms with van der Waals surface area (Å²) < 4.78 is 0. The van der Waals surface area contributed by atoms with Crippen molar-refractivity contribution in [1.29, 1.82) is 0 Å². The molecule has 17 heavy (non-hydrogen) atoms. The standard InChI is InChI=1S/C11H12N2O2S2/c1-6-10(14)12-8-5-7(13(2)11(15)16)3-4-9(8)17-6/h3-6H,1-2H3,(H,12,14)(H,15,16). The van der Waals surface area contributed by atoms with Gasteiger partial charge in [-0.05, 0) is 25.1 Å². The fraction of sp³-hybridized carbons (Fsp3) is 0.273. The number of amides is 2. The predicted octanol–water partition coefficient (Wildman–Crippen LogP) is 2.61. The summed E-state index contributed by atoms with van der Waals surface area (Å²) in [6.45, 7) is 1.86. The Balaban J connectivity index is 2.35. The third-order valence-electron chi connectivity index (χ3n) is 2.57. The van der Waals surface area contributed by atoms with Crippen LogP contribution in [0.3, 0.4) is 0 Å². The molecule has 1 atom stereocenters. The molecule has 1 heterocycles. The molecule has 0 aromatic heterocycles. The van der Waals surface area contributed by atoms with Crippen LogP contribution in [0.4, 0.5) is 16.2 Å². The van der Waals surface area contributed by atoms with Crippen molar-refractivity contribution >= 4 is 46.9 Å². The Bertz CT molecular complexity index is 490. The number of thiol groups is 1. The number of nitrogens with zero attached hydrogens (tertiary/aromatic N) is 1. The smallest absolute Gasteiger partial charge is 0.282 e. The van der Waals surface area contributed by atoms with Crippen LogP contribution in [-0.4, -0.2) is 23.4 Å². The van der Waals surface area contributed by atoms with Gasteiger partial charge in [0.05, 0.1) is 10.9 Å². The average Bonchev–Trinajstić information content (AvgIpc) is 2.29. The van der Waals surface area contributed by atoms with Gasteiger partial charge in [0.15, 0.2) is 0 Å². The van der Waals surface area contributed by atoms with Gasteiger partial charge in [-0.25, -0.2) is 0 Å². The van der Waals surface area contributed by atoms with Gasteiger partial charge < -0.3 is 10.2 Å². The zero-order valence-corrected chi connectivity index (χ0v) is 11.1. The summed E-state index contributed by atoms with van der Waals surface area (Å²) in [4.78, 5) is 25.1. The number of carbonyl (C=O) groups is 2. The minimum atomic E-state index is -0.340. The molecule has 1 aromatic rings. The van der Waals surface area contributed by atoms with Crippen LogP contribution < -0.4 is 10.2 Å². The first-order valence-corrected chi connectivity index (χ1v) is 6.40. The molecule has 0 saturated heterocycles. The van der Waals surface area contributed by atoms with Gasteiger partial charge in [0.1, 0.15) is 0 Å². The highest BCUT2D eigenvalue weighted by Gasteiger charge is 2.23. The van der Waals surface area contributed by atoms with Gasteiger partial charge >= 0.3 is 0 Å². The molecular formula is C11H12N2O2S2. The average molecular weight is 268 g/mol. The number of rotatable bonds is 1. The van der Waals surface area contributed by atoms with Crippen LogP contribution in [0.5, 0.6) is 0 Å². The van der Waals surface area contributed by atoms with Crippen molar-refractivity contribution in [2.24, 2.45) is 0 Å². The largest absolute Gasteiger partial charge is 0.324 e. The number of fused-ring (bicyclic) bond motifs is 1. The molecule has 1 aliphatic heterocycles. The van der Waals surface area contributed by atoms with E-state index in [2.05, 4.69) is 17.9 Å². The highest BCUT2D eigenvalue weighted by molar-refractivity contribution is 8.01. The Morgan fingerprint density at radius 2 is 2.24 bits per heavy atom. The third-order valence-corrected chi connectivity index (χ3v) is 4.05. The van der Waals surface area contributed by atoms with E-state index >= 15 is 0 Å². The Labute approximate surface area is 109 Å². The molecule has 0 saturated carbocycles. The van der Waals surface area contributed by atoms with Crippen molar-refractivity contribution < 1.29 is 9.59 Å². The number of thioether (sulfide) groups is 1. The van der Waals surface area contributed by atoms with Gasteiger partial charge in [0.25, 0.3) is 5.24 Å². The van der Waals surface area contributed by atoms with Gasteiger partial charge in [-0.2, -0.15) is 0 Å². The van der Waals surface area contributed by atoms with E-state index in [0.29, 0.717) is 5.69 Å². The van der Waals surface area contributed by atoms with E-state index < -0.39 is 0 Å². The van der Waals surface area contributed by atoms with Crippen LogP contribution in [0, 0.1) is 0 Å². The predicted molar refractivity (Wildman–Crippen MR) is 73.2 cm³/mol. The molecule has 90 valence electrons. The quantitative estimate of drug-likeness (QED) is 0.770. The summed E-state index contributed by atoms with van der Waals surface area (Å²) in [5.74, 6) is -0.0143. The van der Waals surface area contributed by atoms with Crippen molar-refractivity contribution in [2.75, 3.05) is 17.3 Å². The molecule has 0 bridgehead atoms. The molecular weight excluding hydrogens is 256 g/mol. The van der Waals surface area contributed by atoms with E-state index in [4.69, 9.17) is 0 Å². The lowest BCUT2D eigenvalue weighted by Gasteiger charge is -2.23. The molecule has 2 amide bonds. The fourth-order valence-electron chi connectivity index (χ4n) is 1.52. The number of anilines is 2. The monoisotopic (exact) mass is 268 g/mol. The van der Waals surface area contributed by atoms with E-state index in [1.54, 1.807) is 13.1 Å². The van der Waals surface area contributed by atoms with Gasteiger partial charge in [-0.1, -0.05) is 12.6 Å². The Morgan fingerprint density at radius 1 is 1.53 bits per heavy atom. The maximum Gasteiger partial charge on any atom is 0.282 e. The molecule has 0 spiro atoms. The molecule has 0 fully saturated rings. The molecule has 0 radical (unpaired) electrons. The fourth-order valence-corrected chi connectivity index (χ4v) is 2.56. The second kappa shape index (κ2) is 4.62. The minimum Gasteiger partial charge on any atom is -0.324 e. The maximum atomic E-state index is 11.5. The molecule has 1 aromatic carbocycles. The summed E-state index contributed by atoms with van der Waals surface area (Å²) in [5, 5.41) is 2.40. The summed E-state index contributed by atoms with van der Waals surface area (Å²) in [6.07, 6.45) is 0. The highest BCUT2D eigenvalue weighted by Crippen LogP contribution is 2.37. The van der Waals surface area contributed by atoms with Crippen LogP contribution >= 0.6 is 24.4 Å². The van der Waals surface area contributed by atoms with Gasteiger partial charge in [-0.15, -0.1) is 11.8 Å². The third kappa shape index (κ3) is 2.42. The van der Waals surface area contributed by atoms with Crippen LogP contribution in [0.25, 0.3) is 0 Å².